The monoisotopic (exact) mass is 217 g/mol. The fourth-order valence-corrected chi connectivity index (χ4v) is 1.35. The van der Waals surface area contributed by atoms with Gasteiger partial charge in [0.15, 0.2) is 0 Å². The first-order chi connectivity index (χ1) is 6.58. The minimum atomic E-state index is -3.37. The standard InChI is InChI=1S/C6H11N5O2S/c7-14(12,13)3-1-2-9-6-10-4-8-5-11-6/h4-5H,1-3H2,(H2,7,12,13)(H,8,9,10,11). The van der Waals surface area contributed by atoms with Crippen molar-refractivity contribution < 1.29 is 8.42 Å². The van der Waals surface area contributed by atoms with Gasteiger partial charge in [-0.25, -0.2) is 28.5 Å². The number of rotatable bonds is 5. The Morgan fingerprint density at radius 3 is 2.57 bits per heavy atom. The highest BCUT2D eigenvalue weighted by Crippen LogP contribution is 1.93. The maximum atomic E-state index is 10.6. The van der Waals surface area contributed by atoms with Crippen LogP contribution in [0.5, 0.6) is 0 Å². The van der Waals surface area contributed by atoms with Crippen molar-refractivity contribution in [2.75, 3.05) is 17.6 Å². The molecule has 0 fully saturated rings. The summed E-state index contributed by atoms with van der Waals surface area (Å²) in [5.41, 5.74) is 0. The number of aromatic nitrogens is 3. The van der Waals surface area contributed by atoms with Crippen molar-refractivity contribution in [2.45, 2.75) is 6.42 Å². The smallest absolute Gasteiger partial charge is 0.225 e. The summed E-state index contributed by atoms with van der Waals surface area (Å²) in [5, 5.41) is 7.65. The molecule has 0 atom stereocenters. The van der Waals surface area contributed by atoms with E-state index in [1.54, 1.807) is 0 Å². The molecule has 0 aliphatic carbocycles. The second kappa shape index (κ2) is 4.82. The molecule has 0 aliphatic rings. The second-order valence-electron chi connectivity index (χ2n) is 2.61. The van der Waals surface area contributed by atoms with Crippen LogP contribution >= 0.6 is 0 Å². The van der Waals surface area contributed by atoms with Crippen LogP contribution in [0.15, 0.2) is 12.7 Å². The Labute approximate surface area is 81.8 Å². The van der Waals surface area contributed by atoms with Gasteiger partial charge in [0.05, 0.1) is 5.75 Å². The topological polar surface area (TPSA) is 111 Å². The lowest BCUT2D eigenvalue weighted by Gasteiger charge is -2.02. The van der Waals surface area contributed by atoms with Crippen LogP contribution in [0.1, 0.15) is 6.42 Å². The Hall–Kier alpha value is -1.28. The van der Waals surface area contributed by atoms with Gasteiger partial charge in [0.1, 0.15) is 12.7 Å². The molecular formula is C6H11N5O2S. The summed E-state index contributed by atoms with van der Waals surface area (Å²) >= 11 is 0. The molecule has 0 radical (unpaired) electrons. The van der Waals surface area contributed by atoms with E-state index in [9.17, 15) is 8.42 Å². The van der Waals surface area contributed by atoms with Gasteiger partial charge in [-0.2, -0.15) is 0 Å². The zero-order valence-corrected chi connectivity index (χ0v) is 8.24. The number of nitrogens with two attached hydrogens (primary N) is 1. The van der Waals surface area contributed by atoms with E-state index < -0.39 is 10.0 Å². The Morgan fingerprint density at radius 2 is 2.00 bits per heavy atom. The lowest BCUT2D eigenvalue weighted by Crippen LogP contribution is -2.19. The molecule has 14 heavy (non-hydrogen) atoms. The molecule has 0 amide bonds. The maximum Gasteiger partial charge on any atom is 0.225 e. The van der Waals surface area contributed by atoms with E-state index in [0.717, 1.165) is 0 Å². The molecule has 0 aromatic carbocycles. The lowest BCUT2D eigenvalue weighted by molar-refractivity contribution is 0.595. The molecule has 7 nitrogen and oxygen atoms in total. The van der Waals surface area contributed by atoms with Crippen molar-refractivity contribution in [3.63, 3.8) is 0 Å². The highest BCUT2D eigenvalue weighted by molar-refractivity contribution is 7.89. The average Bonchev–Trinajstić information content (AvgIpc) is 2.13. The number of nitrogens with zero attached hydrogens (tertiary/aromatic N) is 3. The summed E-state index contributed by atoms with van der Waals surface area (Å²) in [6.07, 6.45) is 3.13. The van der Waals surface area contributed by atoms with Crippen LogP contribution in [0.25, 0.3) is 0 Å². The Balaban J connectivity index is 2.23. The maximum absolute atomic E-state index is 10.6. The van der Waals surface area contributed by atoms with Gasteiger partial charge in [-0.05, 0) is 6.42 Å². The number of hydrogen-bond donors (Lipinski definition) is 2. The highest BCUT2D eigenvalue weighted by Gasteiger charge is 2.01. The van der Waals surface area contributed by atoms with Gasteiger partial charge in [0, 0.05) is 6.54 Å². The Kier molecular flexibility index (Phi) is 3.72. The molecule has 0 saturated heterocycles. The van der Waals surface area contributed by atoms with Crippen LogP contribution in [0.4, 0.5) is 5.95 Å². The first-order valence-corrected chi connectivity index (χ1v) is 5.66. The summed E-state index contributed by atoms with van der Waals surface area (Å²) in [4.78, 5) is 11.2. The molecule has 0 aliphatic heterocycles. The molecule has 1 aromatic heterocycles. The third-order valence-corrected chi connectivity index (χ3v) is 2.24. The number of anilines is 1. The zero-order chi connectivity index (χ0) is 10.4. The van der Waals surface area contributed by atoms with Crippen molar-refractivity contribution >= 4 is 16.0 Å². The molecule has 0 spiro atoms. The number of sulfonamides is 1. The summed E-state index contributed by atoms with van der Waals surface area (Å²) in [5.74, 6) is 0.375. The summed E-state index contributed by atoms with van der Waals surface area (Å²) in [6, 6.07) is 0. The van der Waals surface area contributed by atoms with Crippen LogP contribution in [0, 0.1) is 0 Å². The normalized spacial score (nSPS) is 11.2. The van der Waals surface area contributed by atoms with Crippen molar-refractivity contribution in [3.05, 3.63) is 12.7 Å². The predicted octanol–water partition coefficient (Wildman–Crippen LogP) is -1.04. The molecule has 78 valence electrons. The molecule has 1 aromatic rings. The highest BCUT2D eigenvalue weighted by atomic mass is 32.2. The summed E-state index contributed by atoms with van der Waals surface area (Å²) in [7, 11) is -3.37. The third kappa shape index (κ3) is 4.67. The van der Waals surface area contributed by atoms with E-state index in [-0.39, 0.29) is 5.75 Å². The first kappa shape index (κ1) is 10.8. The largest absolute Gasteiger partial charge is 0.354 e. The lowest BCUT2D eigenvalue weighted by atomic mass is 10.5. The van der Waals surface area contributed by atoms with E-state index in [1.165, 1.54) is 12.7 Å². The van der Waals surface area contributed by atoms with Crippen molar-refractivity contribution in [2.24, 2.45) is 5.14 Å². The van der Waals surface area contributed by atoms with Crippen molar-refractivity contribution in [1.29, 1.82) is 0 Å². The van der Waals surface area contributed by atoms with E-state index in [4.69, 9.17) is 5.14 Å². The second-order valence-corrected chi connectivity index (χ2v) is 4.34. The van der Waals surface area contributed by atoms with Crippen LogP contribution in [0.3, 0.4) is 0 Å². The van der Waals surface area contributed by atoms with E-state index >= 15 is 0 Å². The Bertz CT molecular complexity index is 365. The molecule has 1 heterocycles. The van der Waals surface area contributed by atoms with Crippen LogP contribution in [-0.4, -0.2) is 35.7 Å². The van der Waals surface area contributed by atoms with Crippen LogP contribution in [-0.2, 0) is 10.0 Å². The molecule has 8 heteroatoms. The molecule has 3 N–H and O–H groups in total. The van der Waals surface area contributed by atoms with Crippen LogP contribution < -0.4 is 10.5 Å². The van der Waals surface area contributed by atoms with Gasteiger partial charge in [-0.3, -0.25) is 0 Å². The van der Waals surface area contributed by atoms with Gasteiger partial charge in [0.2, 0.25) is 16.0 Å². The molecular weight excluding hydrogens is 206 g/mol. The summed E-state index contributed by atoms with van der Waals surface area (Å²) < 4.78 is 21.1. The van der Waals surface area contributed by atoms with E-state index in [1.807, 2.05) is 0 Å². The number of primary sulfonamides is 1. The SMILES string of the molecule is NS(=O)(=O)CCCNc1ncncn1. The predicted molar refractivity (Wildman–Crippen MR) is 50.9 cm³/mol. The van der Waals surface area contributed by atoms with Crippen molar-refractivity contribution in [1.82, 2.24) is 15.0 Å². The van der Waals surface area contributed by atoms with Gasteiger partial charge in [-0.1, -0.05) is 0 Å². The summed E-state index contributed by atoms with van der Waals surface area (Å²) in [6.45, 7) is 0.459. The van der Waals surface area contributed by atoms with Gasteiger partial charge < -0.3 is 5.32 Å². The van der Waals surface area contributed by atoms with Gasteiger partial charge in [-0.15, -0.1) is 0 Å². The van der Waals surface area contributed by atoms with Crippen molar-refractivity contribution in [3.8, 4) is 0 Å². The molecule has 0 saturated carbocycles. The quantitative estimate of drug-likeness (QED) is 0.609. The van der Waals surface area contributed by atoms with E-state index in [2.05, 4.69) is 20.3 Å². The minimum absolute atomic E-state index is 0.0505. The minimum Gasteiger partial charge on any atom is -0.354 e. The zero-order valence-electron chi connectivity index (χ0n) is 7.42. The van der Waals surface area contributed by atoms with Gasteiger partial charge >= 0.3 is 0 Å². The number of hydrogen-bond acceptors (Lipinski definition) is 6. The van der Waals surface area contributed by atoms with Crippen LogP contribution in [0.2, 0.25) is 0 Å². The first-order valence-electron chi connectivity index (χ1n) is 3.94. The van der Waals surface area contributed by atoms with E-state index in [0.29, 0.717) is 18.9 Å². The Morgan fingerprint density at radius 1 is 1.36 bits per heavy atom. The molecule has 0 unspecified atom stereocenters. The number of nitrogens with one attached hydrogen (secondary N) is 1. The third-order valence-electron chi connectivity index (χ3n) is 1.38. The molecule has 0 bridgehead atoms. The molecule has 1 rings (SSSR count). The fraction of sp³-hybridized carbons (Fsp3) is 0.500. The fourth-order valence-electron chi connectivity index (χ4n) is 0.804. The van der Waals surface area contributed by atoms with Gasteiger partial charge in [0.25, 0.3) is 0 Å². The average molecular weight is 217 g/mol.